The van der Waals surface area contributed by atoms with Crippen LogP contribution in [0.15, 0.2) is 42.5 Å². The molecular formula is C19H24N2O3S. The molecule has 5 nitrogen and oxygen atoms in total. The number of hydrogen-bond donors (Lipinski definition) is 1. The lowest BCUT2D eigenvalue weighted by molar-refractivity contribution is 0.122. The summed E-state index contributed by atoms with van der Waals surface area (Å²) < 4.78 is 33.3. The maximum atomic E-state index is 12.6. The van der Waals surface area contributed by atoms with Crippen LogP contribution < -0.4 is 9.62 Å². The van der Waals surface area contributed by atoms with E-state index in [1.54, 1.807) is 0 Å². The summed E-state index contributed by atoms with van der Waals surface area (Å²) in [6.45, 7) is 6.90. The molecule has 134 valence electrons. The zero-order valence-corrected chi connectivity index (χ0v) is 15.5. The highest BCUT2D eigenvalue weighted by Gasteiger charge is 2.16. The third-order valence-corrected chi connectivity index (χ3v) is 5.55. The van der Waals surface area contributed by atoms with Crippen LogP contribution in [0.4, 0.5) is 11.4 Å². The molecule has 0 atom stereocenters. The maximum absolute atomic E-state index is 12.6. The number of nitrogens with one attached hydrogen (secondary N) is 1. The Hall–Kier alpha value is -2.05. The number of morpholine rings is 1. The Morgan fingerprint density at radius 1 is 1.08 bits per heavy atom. The van der Waals surface area contributed by atoms with Gasteiger partial charge in [0.05, 0.1) is 24.7 Å². The lowest BCUT2D eigenvalue weighted by Crippen LogP contribution is -2.36. The number of ether oxygens (including phenoxy) is 1. The number of sulfonamides is 1. The van der Waals surface area contributed by atoms with Gasteiger partial charge >= 0.3 is 0 Å². The molecule has 0 saturated carbocycles. The van der Waals surface area contributed by atoms with Crippen molar-refractivity contribution in [3.05, 3.63) is 59.2 Å². The average Bonchev–Trinajstić information content (AvgIpc) is 2.57. The topological polar surface area (TPSA) is 58.6 Å². The first-order chi connectivity index (χ1) is 11.9. The van der Waals surface area contributed by atoms with E-state index in [1.807, 2.05) is 56.3 Å². The van der Waals surface area contributed by atoms with Crippen molar-refractivity contribution in [2.45, 2.75) is 19.6 Å². The smallest absolute Gasteiger partial charge is 0.236 e. The Bertz CT molecular complexity index is 843. The Labute approximate surface area is 149 Å². The molecule has 0 amide bonds. The van der Waals surface area contributed by atoms with Gasteiger partial charge in [-0.25, -0.2) is 8.42 Å². The van der Waals surface area contributed by atoms with Crippen molar-refractivity contribution in [1.29, 1.82) is 0 Å². The van der Waals surface area contributed by atoms with Gasteiger partial charge in [0, 0.05) is 18.8 Å². The number of hydrogen-bond acceptors (Lipinski definition) is 4. The fourth-order valence-electron chi connectivity index (χ4n) is 2.96. The molecule has 25 heavy (non-hydrogen) atoms. The van der Waals surface area contributed by atoms with Crippen LogP contribution in [0.5, 0.6) is 0 Å². The summed E-state index contributed by atoms with van der Waals surface area (Å²) in [7, 11) is -3.47. The van der Waals surface area contributed by atoms with Crippen molar-refractivity contribution in [3.8, 4) is 0 Å². The molecule has 0 spiro atoms. The number of benzene rings is 2. The van der Waals surface area contributed by atoms with E-state index in [2.05, 4.69) is 9.62 Å². The van der Waals surface area contributed by atoms with Crippen molar-refractivity contribution in [2.75, 3.05) is 35.9 Å². The summed E-state index contributed by atoms with van der Waals surface area (Å²) in [4.78, 5) is 2.21. The van der Waals surface area contributed by atoms with E-state index in [9.17, 15) is 8.42 Å². The summed E-state index contributed by atoms with van der Waals surface area (Å²) in [6, 6.07) is 13.5. The number of aryl methyl sites for hydroxylation is 2. The van der Waals surface area contributed by atoms with Gasteiger partial charge in [0.15, 0.2) is 0 Å². The van der Waals surface area contributed by atoms with Gasteiger partial charge in [-0.05, 0) is 37.1 Å². The molecule has 1 saturated heterocycles. The molecule has 0 unspecified atom stereocenters. The molecule has 0 radical (unpaired) electrons. The van der Waals surface area contributed by atoms with E-state index in [-0.39, 0.29) is 5.75 Å². The highest BCUT2D eigenvalue weighted by Crippen LogP contribution is 2.25. The van der Waals surface area contributed by atoms with E-state index in [1.165, 1.54) is 0 Å². The number of nitrogens with zero attached hydrogens (tertiary/aromatic N) is 1. The van der Waals surface area contributed by atoms with Crippen LogP contribution >= 0.6 is 0 Å². The van der Waals surface area contributed by atoms with E-state index in [0.717, 1.165) is 35.5 Å². The van der Waals surface area contributed by atoms with Gasteiger partial charge in [-0.3, -0.25) is 4.72 Å². The Balaban J connectivity index is 1.78. The van der Waals surface area contributed by atoms with Crippen molar-refractivity contribution >= 4 is 21.4 Å². The van der Waals surface area contributed by atoms with Gasteiger partial charge in [0.25, 0.3) is 0 Å². The van der Waals surface area contributed by atoms with Gasteiger partial charge in [-0.1, -0.05) is 35.9 Å². The van der Waals surface area contributed by atoms with Crippen LogP contribution in [0.1, 0.15) is 16.7 Å². The first kappa shape index (κ1) is 17.8. The van der Waals surface area contributed by atoms with E-state index >= 15 is 0 Å². The Morgan fingerprint density at radius 2 is 1.84 bits per heavy atom. The molecule has 0 aromatic heterocycles. The van der Waals surface area contributed by atoms with E-state index < -0.39 is 10.0 Å². The second-order valence-corrected chi connectivity index (χ2v) is 8.17. The molecule has 1 N–H and O–H groups in total. The second kappa shape index (κ2) is 7.45. The largest absolute Gasteiger partial charge is 0.378 e. The van der Waals surface area contributed by atoms with E-state index in [0.29, 0.717) is 18.9 Å². The highest BCUT2D eigenvalue weighted by molar-refractivity contribution is 7.91. The molecule has 3 rings (SSSR count). The molecule has 1 aliphatic rings. The van der Waals surface area contributed by atoms with Crippen LogP contribution in [0, 0.1) is 13.8 Å². The molecular weight excluding hydrogens is 336 g/mol. The quantitative estimate of drug-likeness (QED) is 0.890. The first-order valence-corrected chi connectivity index (χ1v) is 10.1. The SMILES string of the molecule is Cc1cccc(CS(=O)(=O)Nc2cc(N3CCOCC3)ccc2C)c1. The van der Waals surface area contributed by atoms with Crippen LogP contribution in [0.2, 0.25) is 0 Å². The fraction of sp³-hybridized carbons (Fsp3) is 0.368. The average molecular weight is 360 g/mol. The molecule has 2 aromatic carbocycles. The predicted molar refractivity (Wildman–Crippen MR) is 102 cm³/mol. The van der Waals surface area contributed by atoms with Crippen molar-refractivity contribution in [3.63, 3.8) is 0 Å². The molecule has 0 aliphatic carbocycles. The molecule has 1 aliphatic heterocycles. The van der Waals surface area contributed by atoms with Crippen LogP contribution in [0.25, 0.3) is 0 Å². The van der Waals surface area contributed by atoms with Gasteiger partial charge in [0.1, 0.15) is 0 Å². The monoisotopic (exact) mass is 360 g/mol. The predicted octanol–water partition coefficient (Wildman–Crippen LogP) is 3.08. The minimum Gasteiger partial charge on any atom is -0.378 e. The number of anilines is 2. The zero-order chi connectivity index (χ0) is 17.9. The lowest BCUT2D eigenvalue weighted by atomic mass is 10.1. The van der Waals surface area contributed by atoms with Crippen molar-refractivity contribution in [2.24, 2.45) is 0 Å². The summed E-state index contributed by atoms with van der Waals surface area (Å²) in [5, 5.41) is 0. The van der Waals surface area contributed by atoms with Gasteiger partial charge in [-0.15, -0.1) is 0 Å². The van der Waals surface area contributed by atoms with Gasteiger partial charge in [-0.2, -0.15) is 0 Å². The summed E-state index contributed by atoms with van der Waals surface area (Å²) in [6.07, 6.45) is 0. The molecule has 6 heteroatoms. The van der Waals surface area contributed by atoms with Crippen LogP contribution in [-0.4, -0.2) is 34.7 Å². The minimum atomic E-state index is -3.47. The van der Waals surface area contributed by atoms with E-state index in [4.69, 9.17) is 4.74 Å². The van der Waals surface area contributed by atoms with Gasteiger partial charge in [0.2, 0.25) is 10.0 Å². The van der Waals surface area contributed by atoms with Crippen LogP contribution in [-0.2, 0) is 20.5 Å². The maximum Gasteiger partial charge on any atom is 0.236 e. The lowest BCUT2D eigenvalue weighted by Gasteiger charge is -2.29. The summed E-state index contributed by atoms with van der Waals surface area (Å²) in [5.74, 6) is -0.0318. The van der Waals surface area contributed by atoms with Crippen LogP contribution in [0.3, 0.4) is 0 Å². The third kappa shape index (κ3) is 4.74. The summed E-state index contributed by atoms with van der Waals surface area (Å²) >= 11 is 0. The first-order valence-electron chi connectivity index (χ1n) is 8.42. The van der Waals surface area contributed by atoms with Crippen molar-refractivity contribution in [1.82, 2.24) is 0 Å². The summed E-state index contributed by atoms with van der Waals surface area (Å²) in [5.41, 5.74) is 4.40. The van der Waals surface area contributed by atoms with Crippen molar-refractivity contribution < 1.29 is 13.2 Å². The second-order valence-electron chi connectivity index (χ2n) is 6.45. The zero-order valence-electron chi connectivity index (χ0n) is 14.7. The normalized spacial score (nSPS) is 15.2. The fourth-order valence-corrected chi connectivity index (χ4v) is 4.21. The Morgan fingerprint density at radius 3 is 2.56 bits per heavy atom. The standard InChI is InChI=1S/C19H24N2O3S/c1-15-4-3-5-17(12-15)14-25(22,23)20-19-13-18(7-6-16(19)2)21-8-10-24-11-9-21/h3-7,12-13,20H,8-11,14H2,1-2H3. The molecule has 1 fully saturated rings. The Kier molecular flexibility index (Phi) is 5.30. The third-order valence-electron chi connectivity index (χ3n) is 4.30. The molecule has 1 heterocycles. The highest BCUT2D eigenvalue weighted by atomic mass is 32.2. The number of rotatable bonds is 5. The molecule has 2 aromatic rings. The molecule has 0 bridgehead atoms. The minimum absolute atomic E-state index is 0.0318. The van der Waals surface area contributed by atoms with Gasteiger partial charge < -0.3 is 9.64 Å².